The molecule has 3 heteroatoms. The molecule has 0 saturated heterocycles. The van der Waals surface area contributed by atoms with Crippen molar-refractivity contribution in [1.82, 2.24) is 0 Å². The Hall–Kier alpha value is -1.35. The van der Waals surface area contributed by atoms with Crippen LogP contribution in [0.2, 0.25) is 0 Å². The molecule has 1 aromatic rings. The van der Waals surface area contributed by atoms with Crippen molar-refractivity contribution < 1.29 is 9.53 Å². The number of benzene rings is 1. The number of carbonyl (C=O) groups is 1. The molecule has 0 spiro atoms. The predicted octanol–water partition coefficient (Wildman–Crippen LogP) is 3.75. The van der Waals surface area contributed by atoms with Crippen molar-refractivity contribution in [3.8, 4) is 0 Å². The van der Waals surface area contributed by atoms with Gasteiger partial charge < -0.3 is 10.1 Å². The number of anilines is 1. The largest absolute Gasteiger partial charge is 0.380 e. The molecular weight excluding hydrogens is 238 g/mol. The van der Waals surface area contributed by atoms with Crippen molar-refractivity contribution in [1.29, 1.82) is 0 Å². The number of hydrogen-bond acceptors (Lipinski definition) is 3. The van der Waals surface area contributed by atoms with Crippen molar-refractivity contribution in [2.45, 2.75) is 40.2 Å². The second-order valence-corrected chi connectivity index (χ2v) is 5.01. The number of ether oxygens (including phenoxy) is 1. The van der Waals surface area contributed by atoms with Gasteiger partial charge in [-0.05, 0) is 37.1 Å². The van der Waals surface area contributed by atoms with Crippen molar-refractivity contribution in [3.63, 3.8) is 0 Å². The van der Waals surface area contributed by atoms with Gasteiger partial charge in [-0.25, -0.2) is 0 Å². The average molecular weight is 263 g/mol. The van der Waals surface area contributed by atoms with E-state index < -0.39 is 0 Å². The molecule has 1 rings (SSSR count). The van der Waals surface area contributed by atoms with Crippen LogP contribution < -0.4 is 5.32 Å². The highest BCUT2D eigenvalue weighted by Crippen LogP contribution is 2.15. The van der Waals surface area contributed by atoms with Gasteiger partial charge in [0.25, 0.3) is 0 Å². The standard InChI is InChI=1S/C16H25NO2/c1-5-16(18)13-7-9-14(10-8-13)17-15(12(3)4)11-19-6-2/h7-10,12,15,17H,5-6,11H2,1-4H3. The maximum atomic E-state index is 11.6. The molecule has 0 fully saturated rings. The van der Waals surface area contributed by atoms with E-state index in [4.69, 9.17) is 4.74 Å². The van der Waals surface area contributed by atoms with Crippen LogP contribution in [-0.4, -0.2) is 25.0 Å². The lowest BCUT2D eigenvalue weighted by Crippen LogP contribution is -2.30. The molecule has 0 heterocycles. The molecule has 0 aliphatic rings. The van der Waals surface area contributed by atoms with Crippen LogP contribution in [0.15, 0.2) is 24.3 Å². The van der Waals surface area contributed by atoms with E-state index >= 15 is 0 Å². The first kappa shape index (κ1) is 15.7. The molecule has 1 aromatic carbocycles. The first-order valence-electron chi connectivity index (χ1n) is 7.06. The summed E-state index contributed by atoms with van der Waals surface area (Å²) in [6, 6.07) is 7.97. The van der Waals surface area contributed by atoms with Crippen LogP contribution in [0.25, 0.3) is 0 Å². The Morgan fingerprint density at radius 1 is 1.21 bits per heavy atom. The maximum Gasteiger partial charge on any atom is 0.162 e. The van der Waals surface area contributed by atoms with E-state index in [9.17, 15) is 4.79 Å². The van der Waals surface area contributed by atoms with E-state index in [1.807, 2.05) is 38.1 Å². The highest BCUT2D eigenvalue weighted by Gasteiger charge is 2.13. The van der Waals surface area contributed by atoms with Gasteiger partial charge in [-0.1, -0.05) is 20.8 Å². The van der Waals surface area contributed by atoms with Crippen LogP contribution in [0.5, 0.6) is 0 Å². The van der Waals surface area contributed by atoms with Crippen molar-refractivity contribution in [3.05, 3.63) is 29.8 Å². The monoisotopic (exact) mass is 263 g/mol. The molecule has 0 bridgehead atoms. The number of ketones is 1. The fourth-order valence-corrected chi connectivity index (χ4v) is 1.82. The molecule has 0 aromatic heterocycles. The van der Waals surface area contributed by atoms with Crippen LogP contribution in [0, 0.1) is 5.92 Å². The van der Waals surface area contributed by atoms with E-state index in [0.717, 1.165) is 17.9 Å². The predicted molar refractivity (Wildman–Crippen MR) is 79.8 cm³/mol. The topological polar surface area (TPSA) is 38.3 Å². The van der Waals surface area contributed by atoms with Gasteiger partial charge in [0.15, 0.2) is 5.78 Å². The van der Waals surface area contributed by atoms with Crippen LogP contribution in [0.1, 0.15) is 44.5 Å². The fraction of sp³-hybridized carbons (Fsp3) is 0.562. The third-order valence-electron chi connectivity index (χ3n) is 3.19. The van der Waals surface area contributed by atoms with E-state index in [1.54, 1.807) is 0 Å². The average Bonchev–Trinajstić information content (AvgIpc) is 2.43. The Labute approximate surface area is 116 Å². The summed E-state index contributed by atoms with van der Waals surface area (Å²) in [4.78, 5) is 11.6. The Morgan fingerprint density at radius 3 is 2.32 bits per heavy atom. The fourth-order valence-electron chi connectivity index (χ4n) is 1.82. The van der Waals surface area contributed by atoms with Gasteiger partial charge in [-0.3, -0.25) is 4.79 Å². The molecular formula is C16H25NO2. The molecule has 1 atom stereocenters. The third kappa shape index (κ3) is 5.03. The summed E-state index contributed by atoms with van der Waals surface area (Å²) in [6.07, 6.45) is 0.547. The molecule has 0 radical (unpaired) electrons. The number of Topliss-reactive ketones (excluding diaryl/α,β-unsaturated/α-hetero) is 1. The van der Waals surface area contributed by atoms with Crippen LogP contribution >= 0.6 is 0 Å². The number of hydrogen-bond donors (Lipinski definition) is 1. The summed E-state index contributed by atoms with van der Waals surface area (Å²) in [5, 5.41) is 3.46. The van der Waals surface area contributed by atoms with E-state index in [1.165, 1.54) is 0 Å². The summed E-state index contributed by atoms with van der Waals surface area (Å²) < 4.78 is 5.49. The summed E-state index contributed by atoms with van der Waals surface area (Å²) >= 11 is 0. The van der Waals surface area contributed by atoms with Crippen LogP contribution in [0.4, 0.5) is 5.69 Å². The van der Waals surface area contributed by atoms with Crippen LogP contribution in [0.3, 0.4) is 0 Å². The summed E-state index contributed by atoms with van der Waals surface area (Å²) in [7, 11) is 0. The highest BCUT2D eigenvalue weighted by atomic mass is 16.5. The zero-order valence-electron chi connectivity index (χ0n) is 12.4. The molecule has 19 heavy (non-hydrogen) atoms. The smallest absolute Gasteiger partial charge is 0.162 e. The normalized spacial score (nSPS) is 12.5. The minimum absolute atomic E-state index is 0.182. The second kappa shape index (κ2) is 7.95. The zero-order chi connectivity index (χ0) is 14.3. The van der Waals surface area contributed by atoms with Crippen molar-refractivity contribution in [2.75, 3.05) is 18.5 Å². The third-order valence-corrected chi connectivity index (χ3v) is 3.19. The van der Waals surface area contributed by atoms with Gasteiger partial charge in [0, 0.05) is 24.3 Å². The van der Waals surface area contributed by atoms with Gasteiger partial charge in [0.05, 0.1) is 12.6 Å². The lowest BCUT2D eigenvalue weighted by atomic mass is 10.0. The van der Waals surface area contributed by atoms with Gasteiger partial charge in [0.2, 0.25) is 0 Å². The van der Waals surface area contributed by atoms with E-state index in [2.05, 4.69) is 19.2 Å². The number of rotatable bonds is 8. The minimum Gasteiger partial charge on any atom is -0.380 e. The van der Waals surface area contributed by atoms with Gasteiger partial charge in [0.1, 0.15) is 0 Å². The molecule has 0 amide bonds. The molecule has 0 saturated carbocycles. The van der Waals surface area contributed by atoms with Gasteiger partial charge in [-0.15, -0.1) is 0 Å². The Kier molecular flexibility index (Phi) is 6.57. The quantitative estimate of drug-likeness (QED) is 0.726. The van der Waals surface area contributed by atoms with Crippen molar-refractivity contribution >= 4 is 11.5 Å². The maximum absolute atomic E-state index is 11.6. The Balaban J connectivity index is 2.66. The van der Waals surface area contributed by atoms with E-state index in [0.29, 0.717) is 18.9 Å². The highest BCUT2D eigenvalue weighted by molar-refractivity contribution is 5.96. The molecule has 1 N–H and O–H groups in total. The lowest BCUT2D eigenvalue weighted by molar-refractivity contribution is 0.0988. The van der Waals surface area contributed by atoms with Crippen LogP contribution in [-0.2, 0) is 4.74 Å². The Bertz CT molecular complexity index is 384. The molecule has 0 aliphatic heterocycles. The number of nitrogens with one attached hydrogen (secondary N) is 1. The zero-order valence-corrected chi connectivity index (χ0v) is 12.4. The van der Waals surface area contributed by atoms with Gasteiger partial charge >= 0.3 is 0 Å². The molecule has 3 nitrogen and oxygen atoms in total. The molecule has 0 aliphatic carbocycles. The van der Waals surface area contributed by atoms with Gasteiger partial charge in [-0.2, -0.15) is 0 Å². The Morgan fingerprint density at radius 2 is 1.84 bits per heavy atom. The molecule has 1 unspecified atom stereocenters. The summed E-state index contributed by atoms with van der Waals surface area (Å²) in [6.45, 7) is 9.66. The number of carbonyl (C=O) groups excluding carboxylic acids is 1. The summed E-state index contributed by atoms with van der Waals surface area (Å²) in [5.41, 5.74) is 1.81. The first-order valence-corrected chi connectivity index (χ1v) is 7.06. The first-order chi connectivity index (χ1) is 9.08. The summed E-state index contributed by atoms with van der Waals surface area (Å²) in [5.74, 6) is 0.671. The second-order valence-electron chi connectivity index (χ2n) is 5.01. The van der Waals surface area contributed by atoms with Crippen molar-refractivity contribution in [2.24, 2.45) is 5.92 Å². The minimum atomic E-state index is 0.182. The van der Waals surface area contributed by atoms with E-state index in [-0.39, 0.29) is 11.8 Å². The molecule has 106 valence electrons. The SMILES string of the molecule is CCOCC(Nc1ccc(C(=O)CC)cc1)C(C)C. The lowest BCUT2D eigenvalue weighted by Gasteiger charge is -2.23.